The maximum absolute atomic E-state index is 11.2. The second-order valence-electron chi connectivity index (χ2n) is 17.0. The molecular formula is C58H36N6. The highest BCUT2D eigenvalue weighted by Gasteiger charge is 2.24. The first kappa shape index (κ1) is 35.9. The highest BCUT2D eigenvalue weighted by molar-refractivity contribution is 6.21. The van der Waals surface area contributed by atoms with Crippen LogP contribution in [0.2, 0.25) is 0 Å². The van der Waals surface area contributed by atoms with Gasteiger partial charge in [0.15, 0.2) is 0 Å². The van der Waals surface area contributed by atoms with Gasteiger partial charge in [-0.15, -0.1) is 0 Å². The Balaban J connectivity index is 1.11. The number of para-hydroxylation sites is 4. The minimum absolute atomic E-state index is 0.476. The molecule has 64 heavy (non-hydrogen) atoms. The van der Waals surface area contributed by atoms with E-state index in [0.29, 0.717) is 22.5 Å². The van der Waals surface area contributed by atoms with Gasteiger partial charge in [0.25, 0.3) is 0 Å². The minimum atomic E-state index is 0.476. The van der Waals surface area contributed by atoms with Crippen LogP contribution < -0.4 is 0 Å². The number of aryl methyl sites for hydroxylation is 2. The van der Waals surface area contributed by atoms with Crippen LogP contribution in [0.4, 0.5) is 0 Å². The van der Waals surface area contributed by atoms with Crippen molar-refractivity contribution >= 4 is 87.2 Å². The van der Waals surface area contributed by atoms with Crippen LogP contribution in [0, 0.1) is 36.5 Å². The summed E-state index contributed by atoms with van der Waals surface area (Å²) in [5.41, 5.74) is 15.1. The van der Waals surface area contributed by atoms with Crippen LogP contribution in [-0.2, 0) is 0 Å². The Hall–Kier alpha value is -8.84. The number of nitrogens with zero attached hydrogens (tertiary/aromatic N) is 6. The Morgan fingerprint density at radius 3 is 1.03 bits per heavy atom. The molecule has 0 amide bonds. The van der Waals surface area contributed by atoms with Gasteiger partial charge in [0, 0.05) is 54.5 Å². The summed E-state index contributed by atoms with van der Waals surface area (Å²) in [5.74, 6) is 0. The molecule has 298 valence electrons. The molecule has 0 N–H and O–H groups in total. The summed E-state index contributed by atoms with van der Waals surface area (Å²) >= 11 is 0. The van der Waals surface area contributed by atoms with Crippen LogP contribution in [-0.4, -0.2) is 18.3 Å². The molecule has 0 fully saturated rings. The van der Waals surface area contributed by atoms with Gasteiger partial charge in [-0.1, -0.05) is 96.1 Å². The van der Waals surface area contributed by atoms with Crippen LogP contribution in [0.15, 0.2) is 182 Å². The number of hydrogen-bond acceptors (Lipinski definition) is 2. The van der Waals surface area contributed by atoms with Crippen LogP contribution in [0.5, 0.6) is 0 Å². The SMILES string of the molecule is Cc1ccc2c(c1)c1cc3c(cc1n2-c1cc(C#N)c(-n2c4ccc(C)cc4c4cc5c(cc42)c2ccccc2n5-c2ccccc2)cc1C#N)c1ccccc1n3-c1ccccc1. The molecule has 0 radical (unpaired) electrons. The van der Waals surface area contributed by atoms with Crippen molar-refractivity contribution in [1.29, 1.82) is 10.5 Å². The van der Waals surface area contributed by atoms with Crippen molar-refractivity contribution in [3.8, 4) is 34.9 Å². The molecule has 4 heterocycles. The molecule has 0 bridgehead atoms. The molecule has 0 atom stereocenters. The van der Waals surface area contributed by atoms with Gasteiger partial charge in [0.05, 0.1) is 66.6 Å². The average molecular weight is 817 g/mol. The van der Waals surface area contributed by atoms with Crippen molar-refractivity contribution in [1.82, 2.24) is 18.3 Å². The summed E-state index contributed by atoms with van der Waals surface area (Å²) < 4.78 is 9.07. The third kappa shape index (κ3) is 4.94. The first-order chi connectivity index (χ1) is 31.5. The lowest BCUT2D eigenvalue weighted by molar-refractivity contribution is 1.12. The van der Waals surface area contributed by atoms with E-state index < -0.39 is 0 Å². The summed E-state index contributed by atoms with van der Waals surface area (Å²) in [7, 11) is 0. The zero-order chi connectivity index (χ0) is 42.8. The topological polar surface area (TPSA) is 67.3 Å². The Labute approximate surface area is 367 Å². The van der Waals surface area contributed by atoms with E-state index in [1.54, 1.807) is 0 Å². The third-order valence-corrected chi connectivity index (χ3v) is 13.3. The quantitative estimate of drug-likeness (QED) is 0.178. The van der Waals surface area contributed by atoms with Crippen molar-refractivity contribution in [2.45, 2.75) is 13.8 Å². The molecule has 6 heteroatoms. The lowest BCUT2D eigenvalue weighted by Crippen LogP contribution is -2.04. The molecule has 0 aliphatic heterocycles. The highest BCUT2D eigenvalue weighted by Crippen LogP contribution is 2.43. The lowest BCUT2D eigenvalue weighted by Gasteiger charge is -2.16. The molecule has 13 aromatic rings. The first-order valence-electron chi connectivity index (χ1n) is 21.5. The van der Waals surface area contributed by atoms with Crippen molar-refractivity contribution in [2.24, 2.45) is 0 Å². The fraction of sp³-hybridized carbons (Fsp3) is 0.0345. The maximum atomic E-state index is 11.2. The van der Waals surface area contributed by atoms with Crippen LogP contribution >= 0.6 is 0 Å². The van der Waals surface area contributed by atoms with Gasteiger partial charge >= 0.3 is 0 Å². The van der Waals surface area contributed by atoms with Crippen molar-refractivity contribution in [2.75, 3.05) is 0 Å². The number of rotatable bonds is 4. The highest BCUT2D eigenvalue weighted by atomic mass is 15.0. The average Bonchev–Trinajstić information content (AvgIpc) is 4.04. The molecule has 13 rings (SSSR count). The third-order valence-electron chi connectivity index (χ3n) is 13.3. The molecule has 0 aliphatic rings. The van der Waals surface area contributed by atoms with E-state index in [1.165, 1.54) is 0 Å². The van der Waals surface area contributed by atoms with Gasteiger partial charge in [-0.3, -0.25) is 0 Å². The van der Waals surface area contributed by atoms with Crippen molar-refractivity contribution in [3.05, 3.63) is 204 Å². The second kappa shape index (κ2) is 13.3. The number of benzene rings is 9. The van der Waals surface area contributed by atoms with Gasteiger partial charge in [0.1, 0.15) is 12.1 Å². The predicted octanol–water partition coefficient (Wildman–Crippen LogP) is 14.4. The van der Waals surface area contributed by atoms with E-state index in [1.807, 2.05) is 24.3 Å². The van der Waals surface area contributed by atoms with Gasteiger partial charge in [0.2, 0.25) is 0 Å². The van der Waals surface area contributed by atoms with Crippen molar-refractivity contribution in [3.63, 3.8) is 0 Å². The molecular weight excluding hydrogens is 781 g/mol. The molecule has 0 aliphatic carbocycles. The molecule has 0 saturated carbocycles. The summed E-state index contributed by atoms with van der Waals surface area (Å²) in [6.07, 6.45) is 0. The maximum Gasteiger partial charge on any atom is 0.101 e. The number of nitriles is 2. The van der Waals surface area contributed by atoms with E-state index in [0.717, 1.165) is 110 Å². The standard InChI is InChI=1S/C58H36N6/c1-35-21-23-51-43(25-35)47-31-55-45(41-17-9-11-19-49(41)61(55)39-13-5-3-6-14-39)29-57(47)63(51)53-27-38(34-60)54(28-37(53)33-59)64-52-24-22-36(2)26-44(52)48-32-56-46(30-58(48)64)42-18-10-12-20-50(42)62(56)40-15-7-4-8-16-40/h3-32H,1-2H3. The number of fused-ring (bicyclic) bond motifs is 12. The Bertz CT molecular complexity index is 3940. The van der Waals surface area contributed by atoms with Gasteiger partial charge in [-0.25, -0.2) is 0 Å². The van der Waals surface area contributed by atoms with Crippen LogP contribution in [0.25, 0.3) is 110 Å². The smallest absolute Gasteiger partial charge is 0.101 e. The van der Waals surface area contributed by atoms with E-state index in [9.17, 15) is 10.5 Å². The molecule has 4 aromatic heterocycles. The Morgan fingerprint density at radius 1 is 0.297 bits per heavy atom. The van der Waals surface area contributed by atoms with Gasteiger partial charge in [-0.2, -0.15) is 10.5 Å². The fourth-order valence-electron chi connectivity index (χ4n) is 10.5. The molecule has 0 spiro atoms. The lowest BCUT2D eigenvalue weighted by atomic mass is 10.1. The minimum Gasteiger partial charge on any atom is -0.309 e. The summed E-state index contributed by atoms with van der Waals surface area (Å²) in [6.45, 7) is 4.23. The predicted molar refractivity (Wildman–Crippen MR) is 263 cm³/mol. The van der Waals surface area contributed by atoms with E-state index in [4.69, 9.17) is 0 Å². The van der Waals surface area contributed by atoms with Crippen molar-refractivity contribution < 1.29 is 0 Å². The Kier molecular flexibility index (Phi) is 7.47. The van der Waals surface area contributed by atoms with E-state index in [2.05, 4.69) is 202 Å². The summed E-state index contributed by atoms with van der Waals surface area (Å²) in [5, 5.41) is 31.3. The fourth-order valence-corrected chi connectivity index (χ4v) is 10.5. The normalized spacial score (nSPS) is 11.9. The molecule has 6 nitrogen and oxygen atoms in total. The zero-order valence-corrected chi connectivity index (χ0v) is 35.0. The summed E-state index contributed by atoms with van der Waals surface area (Å²) in [4.78, 5) is 0. The Morgan fingerprint density at radius 2 is 0.625 bits per heavy atom. The first-order valence-corrected chi connectivity index (χ1v) is 21.5. The van der Waals surface area contributed by atoms with Gasteiger partial charge < -0.3 is 18.3 Å². The molecule has 9 aromatic carbocycles. The van der Waals surface area contributed by atoms with E-state index in [-0.39, 0.29) is 0 Å². The largest absolute Gasteiger partial charge is 0.309 e. The zero-order valence-electron chi connectivity index (χ0n) is 35.0. The van der Waals surface area contributed by atoms with Gasteiger partial charge in [-0.05, 0) is 111 Å². The van der Waals surface area contributed by atoms with Crippen LogP contribution in [0.1, 0.15) is 22.3 Å². The number of aromatic nitrogens is 4. The monoisotopic (exact) mass is 816 g/mol. The van der Waals surface area contributed by atoms with E-state index >= 15 is 0 Å². The summed E-state index contributed by atoms with van der Waals surface area (Å²) in [6, 6.07) is 69.3. The number of hydrogen-bond donors (Lipinski definition) is 0. The molecule has 0 unspecified atom stereocenters. The van der Waals surface area contributed by atoms with Crippen LogP contribution in [0.3, 0.4) is 0 Å². The second-order valence-corrected chi connectivity index (χ2v) is 17.0. The molecule has 0 saturated heterocycles.